The molecule has 30 heavy (non-hydrogen) atoms. The van der Waals surface area contributed by atoms with Crippen LogP contribution in [-0.2, 0) is 13.0 Å². The van der Waals surface area contributed by atoms with E-state index in [0.29, 0.717) is 12.1 Å². The van der Waals surface area contributed by atoms with Crippen LogP contribution < -0.4 is 5.32 Å². The van der Waals surface area contributed by atoms with Crippen LogP contribution in [0.25, 0.3) is 11.1 Å². The lowest BCUT2D eigenvalue weighted by atomic mass is 10.1. The molecule has 1 amide bonds. The zero-order chi connectivity index (χ0) is 20.7. The van der Waals surface area contributed by atoms with Crippen molar-refractivity contribution in [3.63, 3.8) is 0 Å². The van der Waals surface area contributed by atoms with E-state index in [0.717, 1.165) is 29.1 Å². The highest BCUT2D eigenvalue weighted by Gasteiger charge is 2.21. The number of carbonyl (C=O) groups is 1. The molecule has 0 saturated heterocycles. The minimum Gasteiger partial charge on any atom is -0.322 e. The summed E-state index contributed by atoms with van der Waals surface area (Å²) in [6.07, 6.45) is 0.905. The Balaban J connectivity index is 1.38. The number of fused-ring (bicyclic) bond motifs is 3. The second-order valence-corrected chi connectivity index (χ2v) is 7.85. The number of anilines is 1. The summed E-state index contributed by atoms with van der Waals surface area (Å²) in [5.41, 5.74) is 9.39. The zero-order valence-corrected chi connectivity index (χ0v) is 17.1. The molecule has 1 aromatic heterocycles. The number of benzene rings is 3. The molecule has 4 aromatic rings. The van der Waals surface area contributed by atoms with E-state index in [1.54, 1.807) is 0 Å². The first kappa shape index (κ1) is 18.4. The maximum Gasteiger partial charge on any atom is 0.259 e. The van der Waals surface area contributed by atoms with Crippen molar-refractivity contribution in [1.29, 1.82) is 0 Å². The second kappa shape index (κ2) is 7.30. The lowest BCUT2D eigenvalue weighted by molar-refractivity contribution is 0.102. The van der Waals surface area contributed by atoms with Gasteiger partial charge in [-0.25, -0.2) is 0 Å². The Hall–Kier alpha value is -3.66. The molecule has 1 heterocycles. The van der Waals surface area contributed by atoms with E-state index in [9.17, 15) is 4.79 Å². The molecule has 0 saturated carbocycles. The Labute approximate surface area is 176 Å². The molecule has 4 heteroatoms. The van der Waals surface area contributed by atoms with Gasteiger partial charge in [-0.3, -0.25) is 9.48 Å². The number of nitrogens with zero attached hydrogens (tertiary/aromatic N) is 2. The monoisotopic (exact) mass is 393 g/mol. The van der Waals surface area contributed by atoms with Gasteiger partial charge in [0.15, 0.2) is 0 Å². The summed E-state index contributed by atoms with van der Waals surface area (Å²) in [4.78, 5) is 13.1. The van der Waals surface area contributed by atoms with Crippen LogP contribution in [0, 0.1) is 13.8 Å². The first-order chi connectivity index (χ1) is 14.6. The highest BCUT2D eigenvalue weighted by Crippen LogP contribution is 2.37. The molecule has 148 valence electrons. The molecule has 1 aliphatic rings. The maximum absolute atomic E-state index is 13.1. The van der Waals surface area contributed by atoms with Crippen molar-refractivity contribution in [2.45, 2.75) is 26.8 Å². The number of aryl methyl sites for hydroxylation is 1. The number of nitrogens with one attached hydrogen (secondary N) is 1. The van der Waals surface area contributed by atoms with Gasteiger partial charge >= 0.3 is 0 Å². The van der Waals surface area contributed by atoms with Gasteiger partial charge in [0, 0.05) is 11.4 Å². The lowest BCUT2D eigenvalue weighted by Gasteiger charge is -2.09. The average Bonchev–Trinajstić information content (AvgIpc) is 3.25. The first-order valence-corrected chi connectivity index (χ1v) is 10.2. The molecule has 0 unspecified atom stereocenters. The Morgan fingerprint density at radius 1 is 0.933 bits per heavy atom. The summed E-state index contributed by atoms with van der Waals surface area (Å²) in [5.74, 6) is -0.111. The highest BCUT2D eigenvalue weighted by atomic mass is 16.1. The van der Waals surface area contributed by atoms with Crippen molar-refractivity contribution < 1.29 is 4.79 Å². The predicted molar refractivity (Wildman–Crippen MR) is 120 cm³/mol. The largest absolute Gasteiger partial charge is 0.322 e. The molecule has 4 nitrogen and oxygen atoms in total. The Kier molecular flexibility index (Phi) is 4.47. The van der Waals surface area contributed by atoms with Crippen LogP contribution in [0.5, 0.6) is 0 Å². The smallest absolute Gasteiger partial charge is 0.259 e. The van der Waals surface area contributed by atoms with Crippen LogP contribution in [0.1, 0.15) is 38.4 Å². The van der Waals surface area contributed by atoms with Crippen molar-refractivity contribution >= 4 is 11.6 Å². The fourth-order valence-corrected chi connectivity index (χ4v) is 4.35. The fourth-order valence-electron chi connectivity index (χ4n) is 4.35. The summed E-state index contributed by atoms with van der Waals surface area (Å²) < 4.78 is 1.90. The minimum atomic E-state index is -0.111. The molecular formula is C26H23N3O. The van der Waals surface area contributed by atoms with E-state index in [1.165, 1.54) is 22.3 Å². The molecule has 1 N–H and O–H groups in total. The van der Waals surface area contributed by atoms with Crippen molar-refractivity contribution in [1.82, 2.24) is 9.78 Å². The lowest BCUT2D eigenvalue weighted by Crippen LogP contribution is -2.14. The predicted octanol–water partition coefficient (Wildman–Crippen LogP) is 5.37. The van der Waals surface area contributed by atoms with Gasteiger partial charge in [0.1, 0.15) is 0 Å². The second-order valence-electron chi connectivity index (χ2n) is 7.85. The van der Waals surface area contributed by atoms with Crippen LogP contribution in [0.3, 0.4) is 0 Å². The van der Waals surface area contributed by atoms with Gasteiger partial charge in [-0.2, -0.15) is 5.10 Å². The zero-order valence-electron chi connectivity index (χ0n) is 17.1. The molecule has 0 spiro atoms. The van der Waals surface area contributed by atoms with Gasteiger partial charge in [0.05, 0.1) is 17.8 Å². The van der Waals surface area contributed by atoms with Crippen LogP contribution in [0.4, 0.5) is 5.69 Å². The Morgan fingerprint density at radius 3 is 2.50 bits per heavy atom. The molecule has 0 aliphatic heterocycles. The SMILES string of the molecule is Cc1nn(Cc2ccccc2)c(C)c1C(=O)Nc1ccc2c(c1)Cc1ccccc1-2. The normalized spacial score (nSPS) is 11.8. The maximum atomic E-state index is 13.1. The van der Waals surface area contributed by atoms with E-state index in [4.69, 9.17) is 0 Å². The van der Waals surface area contributed by atoms with Crippen LogP contribution in [0.15, 0.2) is 72.8 Å². The quantitative estimate of drug-likeness (QED) is 0.446. The highest BCUT2D eigenvalue weighted by molar-refractivity contribution is 6.06. The summed E-state index contributed by atoms with van der Waals surface area (Å²) >= 11 is 0. The molecule has 3 aromatic carbocycles. The van der Waals surface area contributed by atoms with Gasteiger partial charge in [0.2, 0.25) is 0 Å². The van der Waals surface area contributed by atoms with Crippen molar-refractivity contribution in [2.75, 3.05) is 5.32 Å². The third kappa shape index (κ3) is 3.20. The standard InChI is InChI=1S/C26H23N3O/c1-17-25(18(2)29(28-17)16-19-8-4-3-5-9-19)26(30)27-22-12-13-24-21(15-22)14-20-10-6-7-11-23(20)24/h3-13,15H,14,16H2,1-2H3,(H,27,30). The third-order valence-electron chi connectivity index (χ3n) is 5.84. The van der Waals surface area contributed by atoms with E-state index in [-0.39, 0.29) is 5.91 Å². The molecule has 0 radical (unpaired) electrons. The number of hydrogen-bond donors (Lipinski definition) is 1. The van der Waals surface area contributed by atoms with Crippen LogP contribution in [0.2, 0.25) is 0 Å². The molecular weight excluding hydrogens is 370 g/mol. The molecule has 1 aliphatic carbocycles. The number of amides is 1. The van der Waals surface area contributed by atoms with Gasteiger partial charge in [-0.15, -0.1) is 0 Å². The first-order valence-electron chi connectivity index (χ1n) is 10.2. The van der Waals surface area contributed by atoms with Crippen LogP contribution >= 0.6 is 0 Å². The van der Waals surface area contributed by atoms with Crippen LogP contribution in [-0.4, -0.2) is 15.7 Å². The van der Waals surface area contributed by atoms with Gasteiger partial charge in [-0.05, 0) is 60.2 Å². The van der Waals surface area contributed by atoms with Crippen molar-refractivity contribution in [3.8, 4) is 11.1 Å². The molecule has 0 bridgehead atoms. The minimum absolute atomic E-state index is 0.111. The number of hydrogen-bond acceptors (Lipinski definition) is 2. The summed E-state index contributed by atoms with van der Waals surface area (Å²) in [7, 11) is 0. The topological polar surface area (TPSA) is 46.9 Å². The summed E-state index contributed by atoms with van der Waals surface area (Å²) in [6, 6.07) is 24.8. The number of aromatic nitrogens is 2. The third-order valence-corrected chi connectivity index (χ3v) is 5.84. The average molecular weight is 393 g/mol. The Bertz CT molecular complexity index is 1250. The number of carbonyl (C=O) groups excluding carboxylic acids is 1. The van der Waals surface area contributed by atoms with Gasteiger partial charge in [-0.1, -0.05) is 60.7 Å². The van der Waals surface area contributed by atoms with E-state index < -0.39 is 0 Å². The molecule has 0 fully saturated rings. The van der Waals surface area contributed by atoms with Gasteiger partial charge < -0.3 is 5.32 Å². The summed E-state index contributed by atoms with van der Waals surface area (Å²) in [5, 5.41) is 7.69. The van der Waals surface area contributed by atoms with E-state index in [2.05, 4.69) is 58.9 Å². The van der Waals surface area contributed by atoms with E-state index >= 15 is 0 Å². The van der Waals surface area contributed by atoms with E-state index in [1.807, 2.05) is 42.8 Å². The van der Waals surface area contributed by atoms with Gasteiger partial charge in [0.25, 0.3) is 5.91 Å². The molecule has 0 atom stereocenters. The summed E-state index contributed by atoms with van der Waals surface area (Å²) in [6.45, 7) is 4.50. The molecule has 5 rings (SSSR count). The Morgan fingerprint density at radius 2 is 1.67 bits per heavy atom. The fraction of sp³-hybridized carbons (Fsp3) is 0.154. The number of rotatable bonds is 4. The van der Waals surface area contributed by atoms with Crippen molar-refractivity contribution in [3.05, 3.63) is 106 Å². The van der Waals surface area contributed by atoms with Crippen molar-refractivity contribution in [2.24, 2.45) is 0 Å².